The van der Waals surface area contributed by atoms with Gasteiger partial charge < -0.3 is 9.80 Å². The number of nitrogens with zero attached hydrogens (tertiary/aromatic N) is 3. The van der Waals surface area contributed by atoms with Gasteiger partial charge in [-0.25, -0.2) is 0 Å². The van der Waals surface area contributed by atoms with E-state index in [2.05, 4.69) is 9.88 Å². The van der Waals surface area contributed by atoms with Crippen LogP contribution in [0.2, 0.25) is 5.02 Å². The molecular weight excluding hydrogens is 334 g/mol. The highest BCUT2D eigenvalue weighted by molar-refractivity contribution is 6.31. The van der Waals surface area contributed by atoms with E-state index in [4.69, 9.17) is 13.0 Å². The Hall–Kier alpha value is -2.59. The summed E-state index contributed by atoms with van der Waals surface area (Å²) in [5.41, 5.74) is 2.45. The number of carbonyl (C=O) groups is 1. The minimum atomic E-state index is -0.0679. The molecule has 0 unspecified atom stereocenters. The Balaban J connectivity index is 1.52. The summed E-state index contributed by atoms with van der Waals surface area (Å²) >= 11 is 6.07. The van der Waals surface area contributed by atoms with Crippen LogP contribution < -0.4 is 4.90 Å². The zero-order valence-electron chi connectivity index (χ0n) is 14.7. The van der Waals surface area contributed by atoms with Gasteiger partial charge in [0.1, 0.15) is 0 Å². The lowest BCUT2D eigenvalue weighted by Gasteiger charge is -2.36. The van der Waals surface area contributed by atoms with Crippen molar-refractivity contribution in [3.63, 3.8) is 0 Å². The van der Waals surface area contributed by atoms with E-state index in [-0.39, 0.29) is 11.9 Å². The number of anilines is 1. The molecule has 1 aliphatic heterocycles. The standard InChI is InChI=1S/C20H18ClN3O/c21-16-6-7-17-18(14-16)22-9-8-19(17)23-10-12-24(13-11-23)20(25)15-4-2-1-3-5-15/h1-9,14H,10-13H2/i4D. The minimum Gasteiger partial charge on any atom is -0.367 e. The second kappa shape index (κ2) is 6.73. The van der Waals surface area contributed by atoms with Crippen LogP contribution in [0.4, 0.5) is 5.69 Å². The fourth-order valence-electron chi connectivity index (χ4n) is 3.23. The molecule has 0 radical (unpaired) electrons. The minimum absolute atomic E-state index is 0.0679. The average Bonchev–Trinajstić information content (AvgIpc) is 2.67. The number of hydrogen-bond acceptors (Lipinski definition) is 3. The van der Waals surface area contributed by atoms with Gasteiger partial charge in [0.15, 0.2) is 0 Å². The molecule has 4 nitrogen and oxygen atoms in total. The molecule has 2 aromatic carbocycles. The summed E-state index contributed by atoms with van der Waals surface area (Å²) in [6, 6.07) is 15.0. The third kappa shape index (κ3) is 3.17. The molecule has 0 atom stereocenters. The maximum absolute atomic E-state index is 12.7. The fraction of sp³-hybridized carbons (Fsp3) is 0.200. The molecule has 126 valence electrons. The Labute approximate surface area is 153 Å². The van der Waals surface area contributed by atoms with Gasteiger partial charge in [0.25, 0.3) is 5.91 Å². The van der Waals surface area contributed by atoms with E-state index in [1.54, 1.807) is 30.5 Å². The van der Waals surface area contributed by atoms with Gasteiger partial charge >= 0.3 is 0 Å². The van der Waals surface area contributed by atoms with Crippen molar-refractivity contribution in [3.05, 3.63) is 71.4 Å². The predicted molar refractivity (Wildman–Crippen MR) is 101 cm³/mol. The molecular formula is C20H18ClN3O. The Bertz CT molecular complexity index is 970. The first-order valence-electron chi connectivity index (χ1n) is 8.77. The van der Waals surface area contributed by atoms with Crippen molar-refractivity contribution in [1.29, 1.82) is 0 Å². The largest absolute Gasteiger partial charge is 0.367 e. The molecule has 5 heteroatoms. The van der Waals surface area contributed by atoms with E-state index in [0.29, 0.717) is 23.7 Å². The molecule has 3 aromatic rings. The van der Waals surface area contributed by atoms with E-state index in [0.717, 1.165) is 29.7 Å². The van der Waals surface area contributed by atoms with Gasteiger partial charge in [-0.2, -0.15) is 0 Å². The molecule has 0 spiro atoms. The van der Waals surface area contributed by atoms with Crippen LogP contribution in [0.15, 0.2) is 60.8 Å². The van der Waals surface area contributed by atoms with Gasteiger partial charge in [-0.1, -0.05) is 29.8 Å². The number of piperazine rings is 1. The van der Waals surface area contributed by atoms with E-state index in [1.807, 2.05) is 29.2 Å². The third-order valence-electron chi connectivity index (χ3n) is 4.53. The van der Waals surface area contributed by atoms with Crippen LogP contribution in [0.25, 0.3) is 10.9 Å². The maximum Gasteiger partial charge on any atom is 0.253 e. The molecule has 0 saturated carbocycles. The van der Waals surface area contributed by atoms with Crippen molar-refractivity contribution in [1.82, 2.24) is 9.88 Å². The van der Waals surface area contributed by atoms with Crippen LogP contribution >= 0.6 is 11.6 Å². The molecule has 0 N–H and O–H groups in total. The predicted octanol–water partition coefficient (Wildman–Crippen LogP) is 3.85. The van der Waals surface area contributed by atoms with Gasteiger partial charge in [0, 0.05) is 54.0 Å². The highest BCUT2D eigenvalue weighted by Crippen LogP contribution is 2.28. The van der Waals surface area contributed by atoms with Crippen LogP contribution in [-0.4, -0.2) is 42.0 Å². The van der Waals surface area contributed by atoms with Crippen molar-refractivity contribution in [2.24, 2.45) is 0 Å². The Morgan fingerprint density at radius 3 is 2.72 bits per heavy atom. The van der Waals surface area contributed by atoms with Crippen molar-refractivity contribution in [3.8, 4) is 0 Å². The van der Waals surface area contributed by atoms with Crippen LogP contribution in [-0.2, 0) is 0 Å². The monoisotopic (exact) mass is 352 g/mol. The molecule has 1 aliphatic rings. The Morgan fingerprint density at radius 2 is 1.92 bits per heavy atom. The number of aromatic nitrogens is 1. The molecule has 1 fully saturated rings. The average molecular weight is 353 g/mol. The number of amides is 1. The maximum atomic E-state index is 12.7. The van der Waals surface area contributed by atoms with Crippen molar-refractivity contribution in [2.75, 3.05) is 31.1 Å². The van der Waals surface area contributed by atoms with E-state index < -0.39 is 0 Å². The van der Waals surface area contributed by atoms with Gasteiger partial charge in [-0.3, -0.25) is 9.78 Å². The summed E-state index contributed by atoms with van der Waals surface area (Å²) in [7, 11) is 0. The first kappa shape index (κ1) is 14.7. The molecule has 4 rings (SSSR count). The summed E-state index contributed by atoms with van der Waals surface area (Å²) in [6.45, 7) is 2.75. The second-order valence-electron chi connectivity index (χ2n) is 6.05. The normalized spacial score (nSPS) is 15.3. The topological polar surface area (TPSA) is 36.4 Å². The quantitative estimate of drug-likeness (QED) is 0.703. The zero-order valence-corrected chi connectivity index (χ0v) is 14.4. The molecule has 25 heavy (non-hydrogen) atoms. The van der Waals surface area contributed by atoms with Crippen molar-refractivity contribution in [2.45, 2.75) is 0 Å². The van der Waals surface area contributed by atoms with Gasteiger partial charge in [-0.05, 0) is 36.4 Å². The summed E-state index contributed by atoms with van der Waals surface area (Å²) in [6.07, 6.45) is 1.79. The van der Waals surface area contributed by atoms with Crippen LogP contribution in [0, 0.1) is 0 Å². The van der Waals surface area contributed by atoms with Gasteiger partial charge in [0.2, 0.25) is 0 Å². The second-order valence-corrected chi connectivity index (χ2v) is 6.48. The number of benzene rings is 2. The third-order valence-corrected chi connectivity index (χ3v) is 4.76. The lowest BCUT2D eigenvalue weighted by atomic mass is 10.1. The summed E-state index contributed by atoms with van der Waals surface area (Å²) in [5.74, 6) is -0.0679. The number of halogens is 1. The molecule has 0 bridgehead atoms. The van der Waals surface area contributed by atoms with Crippen molar-refractivity contribution >= 4 is 34.1 Å². The SMILES string of the molecule is [2H]c1ccccc1C(=O)N1CCN(c2ccnc3cc(Cl)ccc23)CC1. The van der Waals surface area contributed by atoms with Crippen LogP contribution in [0.3, 0.4) is 0 Å². The zero-order chi connectivity index (χ0) is 18.1. The van der Waals surface area contributed by atoms with Crippen LogP contribution in [0.5, 0.6) is 0 Å². The smallest absolute Gasteiger partial charge is 0.253 e. The molecule has 0 aliphatic carbocycles. The molecule has 1 amide bonds. The molecule has 1 saturated heterocycles. The lowest BCUT2D eigenvalue weighted by molar-refractivity contribution is 0.0747. The van der Waals surface area contributed by atoms with Crippen LogP contribution in [0.1, 0.15) is 11.7 Å². The lowest BCUT2D eigenvalue weighted by Crippen LogP contribution is -2.48. The highest BCUT2D eigenvalue weighted by atomic mass is 35.5. The summed E-state index contributed by atoms with van der Waals surface area (Å²) in [5, 5.41) is 1.74. The van der Waals surface area contributed by atoms with E-state index in [9.17, 15) is 4.79 Å². The Kier molecular flexibility index (Phi) is 3.96. The van der Waals surface area contributed by atoms with Crippen molar-refractivity contribution < 1.29 is 6.17 Å². The number of hydrogen-bond donors (Lipinski definition) is 0. The highest BCUT2D eigenvalue weighted by Gasteiger charge is 2.23. The van der Waals surface area contributed by atoms with E-state index >= 15 is 0 Å². The summed E-state index contributed by atoms with van der Waals surface area (Å²) in [4.78, 5) is 21.2. The first-order chi connectivity index (χ1) is 12.6. The molecule has 1 aromatic heterocycles. The van der Waals surface area contributed by atoms with E-state index in [1.165, 1.54) is 0 Å². The Morgan fingerprint density at radius 1 is 1.08 bits per heavy atom. The van der Waals surface area contributed by atoms with Gasteiger partial charge in [-0.15, -0.1) is 0 Å². The first-order valence-corrected chi connectivity index (χ1v) is 8.65. The van der Waals surface area contributed by atoms with Gasteiger partial charge in [0.05, 0.1) is 6.89 Å². The number of carbonyl (C=O) groups excluding carboxylic acids is 1. The molecule has 2 heterocycles. The fourth-order valence-corrected chi connectivity index (χ4v) is 3.40. The number of fused-ring (bicyclic) bond motifs is 1. The number of rotatable bonds is 2. The number of pyridine rings is 1. The summed E-state index contributed by atoms with van der Waals surface area (Å²) < 4.78 is 7.93.